The number of aliphatic carboxylic acids is 1. The van der Waals surface area contributed by atoms with Gasteiger partial charge in [-0.25, -0.2) is 0 Å². The van der Waals surface area contributed by atoms with E-state index in [1.165, 1.54) is 17.6 Å². The monoisotopic (exact) mass is 473 g/mol. The number of aromatic nitrogens is 1. The van der Waals surface area contributed by atoms with Gasteiger partial charge in [-0.1, -0.05) is 53.5 Å². The molecule has 0 spiro atoms. The highest BCUT2D eigenvalue weighted by Crippen LogP contribution is 2.38. The van der Waals surface area contributed by atoms with Gasteiger partial charge in [-0.3, -0.25) is 4.79 Å². The van der Waals surface area contributed by atoms with E-state index >= 15 is 0 Å². The van der Waals surface area contributed by atoms with Crippen molar-refractivity contribution in [3.8, 4) is 10.4 Å². The zero-order valence-corrected chi connectivity index (χ0v) is 17.8. The highest BCUT2D eigenvalue weighted by molar-refractivity contribution is 7.10. The van der Waals surface area contributed by atoms with E-state index in [1.807, 2.05) is 12.1 Å². The molecule has 1 aromatic heterocycles. The fraction of sp³-hybridized carbons (Fsp3) is 0.238. The van der Waals surface area contributed by atoms with Crippen molar-refractivity contribution < 1.29 is 23.1 Å². The van der Waals surface area contributed by atoms with Gasteiger partial charge in [0.2, 0.25) is 0 Å². The van der Waals surface area contributed by atoms with E-state index in [4.69, 9.17) is 28.3 Å². The molecule has 0 aliphatic heterocycles. The van der Waals surface area contributed by atoms with E-state index in [1.54, 1.807) is 18.2 Å². The van der Waals surface area contributed by atoms with Crippen LogP contribution >= 0.6 is 34.7 Å². The average Bonchev–Trinajstić information content (AvgIpc) is 3.05. The molecule has 0 bridgehead atoms. The van der Waals surface area contributed by atoms with Crippen LogP contribution < -0.4 is 0 Å². The Hall–Kier alpha value is -2.09. The van der Waals surface area contributed by atoms with Crippen LogP contribution in [0.1, 0.15) is 28.7 Å². The summed E-state index contributed by atoms with van der Waals surface area (Å²) >= 11 is 13.7. The summed E-state index contributed by atoms with van der Waals surface area (Å²) in [4.78, 5) is 11.5. The van der Waals surface area contributed by atoms with Crippen LogP contribution in [0.25, 0.3) is 10.4 Å². The Morgan fingerprint density at radius 3 is 2.47 bits per heavy atom. The van der Waals surface area contributed by atoms with Crippen molar-refractivity contribution in [1.82, 2.24) is 4.37 Å². The lowest BCUT2D eigenvalue weighted by Gasteiger charge is -2.14. The number of benzene rings is 2. The molecule has 3 nitrogen and oxygen atoms in total. The number of carboxylic acids is 1. The lowest BCUT2D eigenvalue weighted by molar-refractivity contribution is -0.140. The van der Waals surface area contributed by atoms with E-state index in [0.29, 0.717) is 28.6 Å². The molecule has 0 atom stereocenters. The van der Waals surface area contributed by atoms with Gasteiger partial charge >= 0.3 is 12.1 Å². The summed E-state index contributed by atoms with van der Waals surface area (Å²) in [5.41, 5.74) is 1.16. The summed E-state index contributed by atoms with van der Waals surface area (Å²) in [6.45, 7) is 0. The Balaban J connectivity index is 1.86. The number of halogens is 5. The molecule has 0 amide bonds. The van der Waals surface area contributed by atoms with Crippen LogP contribution in [-0.2, 0) is 30.2 Å². The number of rotatable bonds is 7. The number of nitrogens with zero attached hydrogens (tertiary/aromatic N) is 1. The molecular weight excluding hydrogens is 458 g/mol. The third-order valence-electron chi connectivity index (χ3n) is 4.61. The molecular formula is C21H16Cl2F3NO2S. The van der Waals surface area contributed by atoms with Gasteiger partial charge in [0.15, 0.2) is 0 Å². The van der Waals surface area contributed by atoms with Crippen LogP contribution in [0.3, 0.4) is 0 Å². The number of hydrogen-bond acceptors (Lipinski definition) is 3. The maximum atomic E-state index is 13.5. The minimum absolute atomic E-state index is 0.0272. The second-order valence-electron chi connectivity index (χ2n) is 6.64. The maximum Gasteiger partial charge on any atom is 0.416 e. The molecule has 0 aliphatic rings. The van der Waals surface area contributed by atoms with Crippen molar-refractivity contribution in [2.24, 2.45) is 0 Å². The van der Waals surface area contributed by atoms with E-state index in [2.05, 4.69) is 4.37 Å². The Labute approximate surface area is 185 Å². The molecule has 0 radical (unpaired) electrons. The normalized spacial score (nSPS) is 11.6. The molecule has 2 aromatic carbocycles. The van der Waals surface area contributed by atoms with E-state index in [-0.39, 0.29) is 18.4 Å². The largest absolute Gasteiger partial charge is 0.481 e. The van der Waals surface area contributed by atoms with Crippen molar-refractivity contribution in [2.45, 2.75) is 31.9 Å². The first-order valence-corrected chi connectivity index (χ1v) is 10.5. The predicted octanol–water partition coefficient (Wildman–Crippen LogP) is 6.94. The van der Waals surface area contributed by atoms with Gasteiger partial charge in [-0.15, -0.1) is 0 Å². The third kappa shape index (κ3) is 5.33. The van der Waals surface area contributed by atoms with Crippen molar-refractivity contribution >= 4 is 40.7 Å². The van der Waals surface area contributed by atoms with Crippen LogP contribution in [0.15, 0.2) is 42.5 Å². The van der Waals surface area contributed by atoms with Crippen LogP contribution in [0.5, 0.6) is 0 Å². The second kappa shape index (κ2) is 9.37. The van der Waals surface area contributed by atoms with Gasteiger partial charge in [0.05, 0.1) is 10.4 Å². The van der Waals surface area contributed by atoms with Crippen LogP contribution in [0, 0.1) is 0 Å². The number of carbonyl (C=O) groups is 1. The quantitative estimate of drug-likeness (QED) is 0.404. The van der Waals surface area contributed by atoms with E-state index in [0.717, 1.165) is 22.1 Å². The Morgan fingerprint density at radius 1 is 1.07 bits per heavy atom. The molecule has 30 heavy (non-hydrogen) atoms. The molecule has 3 rings (SSSR count). The SMILES string of the molecule is O=C(O)CCc1ccc(CCc2c(Cl)nsc2-c2ccccc2Cl)cc1C(F)(F)F. The van der Waals surface area contributed by atoms with Crippen molar-refractivity contribution in [3.63, 3.8) is 0 Å². The summed E-state index contributed by atoms with van der Waals surface area (Å²) in [6, 6.07) is 11.3. The average molecular weight is 474 g/mol. The molecule has 0 unspecified atom stereocenters. The highest BCUT2D eigenvalue weighted by atomic mass is 35.5. The fourth-order valence-corrected chi connectivity index (χ4v) is 4.64. The maximum absolute atomic E-state index is 13.5. The molecule has 3 aromatic rings. The van der Waals surface area contributed by atoms with E-state index < -0.39 is 17.7 Å². The fourth-order valence-electron chi connectivity index (χ4n) is 3.14. The molecule has 9 heteroatoms. The van der Waals surface area contributed by atoms with Crippen molar-refractivity contribution in [3.05, 3.63) is 74.9 Å². The standard InChI is InChI=1S/C21H16Cl2F3NO2S/c22-17-4-2-1-3-14(17)19-15(20(23)27-30-19)9-6-12-5-7-13(8-10-18(28)29)16(11-12)21(24,25)26/h1-5,7,11H,6,8-10H2,(H,28,29). The summed E-state index contributed by atoms with van der Waals surface area (Å²) in [6.07, 6.45) is -4.39. The third-order valence-corrected chi connectivity index (χ3v) is 6.28. The predicted molar refractivity (Wildman–Crippen MR) is 112 cm³/mol. The van der Waals surface area contributed by atoms with Gasteiger partial charge in [0.1, 0.15) is 5.15 Å². The van der Waals surface area contributed by atoms with Gasteiger partial charge < -0.3 is 5.11 Å². The summed E-state index contributed by atoms with van der Waals surface area (Å²) in [5.74, 6) is -1.14. The molecule has 1 heterocycles. The Bertz CT molecular complexity index is 1070. The highest BCUT2D eigenvalue weighted by Gasteiger charge is 2.33. The first-order chi connectivity index (χ1) is 14.2. The van der Waals surface area contributed by atoms with Gasteiger partial charge in [0, 0.05) is 22.6 Å². The Morgan fingerprint density at radius 2 is 1.80 bits per heavy atom. The van der Waals surface area contributed by atoms with Crippen LogP contribution in [0.2, 0.25) is 10.2 Å². The number of hydrogen-bond donors (Lipinski definition) is 1. The van der Waals surface area contributed by atoms with Gasteiger partial charge in [-0.2, -0.15) is 17.5 Å². The zero-order valence-electron chi connectivity index (χ0n) is 15.5. The Kier molecular flexibility index (Phi) is 7.06. The number of aryl methyl sites for hydroxylation is 2. The minimum Gasteiger partial charge on any atom is -0.481 e. The van der Waals surface area contributed by atoms with Crippen molar-refractivity contribution in [2.75, 3.05) is 0 Å². The number of carboxylic acid groups (broad SMARTS) is 1. The topological polar surface area (TPSA) is 50.2 Å². The lowest BCUT2D eigenvalue weighted by atomic mass is 9.96. The zero-order chi connectivity index (χ0) is 21.9. The van der Waals surface area contributed by atoms with Crippen LogP contribution in [-0.4, -0.2) is 15.4 Å². The summed E-state index contributed by atoms with van der Waals surface area (Å²) in [5, 5.41) is 9.62. The molecule has 158 valence electrons. The van der Waals surface area contributed by atoms with Gasteiger partial charge in [-0.05, 0) is 54.1 Å². The first kappa shape index (κ1) is 22.6. The lowest BCUT2D eigenvalue weighted by Crippen LogP contribution is -2.11. The molecule has 1 N–H and O–H groups in total. The molecule has 0 saturated heterocycles. The summed E-state index contributed by atoms with van der Waals surface area (Å²) < 4.78 is 44.6. The second-order valence-corrected chi connectivity index (χ2v) is 8.18. The van der Waals surface area contributed by atoms with Crippen LogP contribution in [0.4, 0.5) is 13.2 Å². The van der Waals surface area contributed by atoms with Gasteiger partial charge in [0.25, 0.3) is 0 Å². The molecule has 0 fully saturated rings. The molecule has 0 saturated carbocycles. The smallest absolute Gasteiger partial charge is 0.416 e. The molecule has 0 aliphatic carbocycles. The van der Waals surface area contributed by atoms with Crippen molar-refractivity contribution in [1.29, 1.82) is 0 Å². The van der Waals surface area contributed by atoms with E-state index in [9.17, 15) is 18.0 Å². The summed E-state index contributed by atoms with van der Waals surface area (Å²) in [7, 11) is 0. The first-order valence-electron chi connectivity index (χ1n) is 8.96. The number of alkyl halides is 3. The minimum atomic E-state index is -4.56.